The number of nitrogens with one attached hydrogen (secondary N) is 1. The van der Waals surface area contributed by atoms with E-state index in [9.17, 15) is 9.59 Å². The molecule has 0 bridgehead atoms. The van der Waals surface area contributed by atoms with Gasteiger partial charge >= 0.3 is 0 Å². The molecule has 2 amide bonds. The summed E-state index contributed by atoms with van der Waals surface area (Å²) in [7, 11) is 1.68. The highest BCUT2D eigenvalue weighted by Crippen LogP contribution is 2.28. The molecule has 1 aliphatic rings. The smallest absolute Gasteiger partial charge is 0.227 e. The minimum Gasteiger partial charge on any atom is -0.495 e. The number of carbonyl (C=O) groups is 2. The lowest BCUT2D eigenvalue weighted by atomic mass is 10.1. The molecular weight excluding hydrogens is 342 g/mol. The summed E-state index contributed by atoms with van der Waals surface area (Å²) in [5, 5.41) is 2.73. The molecule has 0 spiro atoms. The molecule has 0 saturated carbocycles. The molecule has 142 valence electrons. The molecule has 0 aliphatic carbocycles. The number of methoxy groups -OCH3 is 1. The first-order valence-electron chi connectivity index (χ1n) is 9.09. The number of anilines is 2. The highest BCUT2D eigenvalue weighted by Gasteiger charge is 2.22. The molecule has 1 heterocycles. The highest BCUT2D eigenvalue weighted by molar-refractivity contribution is 5.88. The fourth-order valence-corrected chi connectivity index (χ4v) is 3.28. The molecule has 27 heavy (non-hydrogen) atoms. The molecule has 1 saturated heterocycles. The fourth-order valence-electron chi connectivity index (χ4n) is 3.28. The zero-order valence-electron chi connectivity index (χ0n) is 15.8. The number of rotatable bonds is 5. The van der Waals surface area contributed by atoms with Crippen LogP contribution in [0.2, 0.25) is 0 Å². The van der Waals surface area contributed by atoms with Gasteiger partial charge in [0.1, 0.15) is 5.75 Å². The van der Waals surface area contributed by atoms with Gasteiger partial charge in [0, 0.05) is 38.8 Å². The number of ether oxygens (including phenoxy) is 1. The van der Waals surface area contributed by atoms with E-state index in [0.29, 0.717) is 19.5 Å². The van der Waals surface area contributed by atoms with Crippen LogP contribution in [0.4, 0.5) is 11.4 Å². The van der Waals surface area contributed by atoms with Crippen LogP contribution in [-0.2, 0) is 16.0 Å². The van der Waals surface area contributed by atoms with E-state index in [1.54, 1.807) is 7.11 Å². The van der Waals surface area contributed by atoms with E-state index >= 15 is 0 Å². The second-order valence-corrected chi connectivity index (χ2v) is 6.59. The van der Waals surface area contributed by atoms with Crippen LogP contribution in [0.5, 0.6) is 5.75 Å². The number of hydrogen-bond donors (Lipinski definition) is 1. The van der Waals surface area contributed by atoms with Crippen LogP contribution < -0.4 is 15.0 Å². The van der Waals surface area contributed by atoms with Crippen LogP contribution in [0.25, 0.3) is 0 Å². The van der Waals surface area contributed by atoms with Gasteiger partial charge in [-0.15, -0.1) is 0 Å². The summed E-state index contributed by atoms with van der Waals surface area (Å²) < 4.78 is 5.44. The maximum atomic E-state index is 12.6. The predicted octanol–water partition coefficient (Wildman–Crippen LogP) is 2.54. The van der Waals surface area contributed by atoms with Gasteiger partial charge in [-0.1, -0.05) is 24.3 Å². The SMILES string of the molecule is COc1ccccc1N1CCN(C(=O)Cc2ccc(NC(C)=O)cc2)CC1. The van der Waals surface area contributed by atoms with E-state index in [1.165, 1.54) is 6.92 Å². The third-order valence-corrected chi connectivity index (χ3v) is 4.69. The second kappa shape index (κ2) is 8.58. The molecule has 1 N–H and O–H groups in total. The minimum atomic E-state index is -0.105. The monoisotopic (exact) mass is 367 g/mol. The molecule has 0 radical (unpaired) electrons. The second-order valence-electron chi connectivity index (χ2n) is 6.59. The number of hydrogen-bond acceptors (Lipinski definition) is 4. The standard InChI is InChI=1S/C21H25N3O3/c1-16(25)22-18-9-7-17(8-10-18)15-21(26)24-13-11-23(12-14-24)19-5-3-4-6-20(19)27-2/h3-10H,11-15H2,1-2H3,(H,22,25). The van der Waals surface area contributed by atoms with Crippen molar-refractivity contribution in [2.75, 3.05) is 43.5 Å². The third-order valence-electron chi connectivity index (χ3n) is 4.69. The Morgan fingerprint density at radius 3 is 2.30 bits per heavy atom. The first-order valence-corrected chi connectivity index (χ1v) is 9.09. The molecule has 6 heteroatoms. The third kappa shape index (κ3) is 4.78. The van der Waals surface area contributed by atoms with Crippen molar-refractivity contribution < 1.29 is 14.3 Å². The molecule has 3 rings (SSSR count). The van der Waals surface area contributed by atoms with Crippen molar-refractivity contribution in [3.63, 3.8) is 0 Å². The van der Waals surface area contributed by atoms with Gasteiger partial charge in [0.25, 0.3) is 0 Å². The number of piperazine rings is 1. The van der Waals surface area contributed by atoms with E-state index in [4.69, 9.17) is 4.74 Å². The fraction of sp³-hybridized carbons (Fsp3) is 0.333. The molecule has 6 nitrogen and oxygen atoms in total. The summed E-state index contributed by atoms with van der Waals surface area (Å²) in [6.45, 7) is 4.44. The average Bonchev–Trinajstić information content (AvgIpc) is 2.69. The Balaban J connectivity index is 1.54. The van der Waals surface area contributed by atoms with Crippen molar-refractivity contribution in [1.29, 1.82) is 0 Å². The predicted molar refractivity (Wildman–Crippen MR) is 106 cm³/mol. The Kier molecular flexibility index (Phi) is 5.96. The van der Waals surface area contributed by atoms with Gasteiger partial charge in [0.2, 0.25) is 11.8 Å². The molecular formula is C21H25N3O3. The van der Waals surface area contributed by atoms with Crippen LogP contribution in [0.15, 0.2) is 48.5 Å². The maximum absolute atomic E-state index is 12.6. The van der Waals surface area contributed by atoms with Gasteiger partial charge in [-0.3, -0.25) is 9.59 Å². The first kappa shape index (κ1) is 18.8. The van der Waals surface area contributed by atoms with E-state index in [2.05, 4.69) is 10.2 Å². The van der Waals surface area contributed by atoms with Crippen molar-refractivity contribution in [2.24, 2.45) is 0 Å². The molecule has 1 fully saturated rings. The van der Waals surface area contributed by atoms with Gasteiger partial charge in [-0.2, -0.15) is 0 Å². The van der Waals surface area contributed by atoms with Crippen LogP contribution in [0, 0.1) is 0 Å². The van der Waals surface area contributed by atoms with Gasteiger partial charge in [0.05, 0.1) is 19.2 Å². The van der Waals surface area contributed by atoms with Crippen molar-refractivity contribution in [3.8, 4) is 5.75 Å². The summed E-state index contributed by atoms with van der Waals surface area (Å²) in [5.41, 5.74) is 2.76. The summed E-state index contributed by atoms with van der Waals surface area (Å²) in [6, 6.07) is 15.4. The summed E-state index contributed by atoms with van der Waals surface area (Å²) in [4.78, 5) is 27.8. The van der Waals surface area contributed by atoms with Gasteiger partial charge in [0.15, 0.2) is 0 Å². The van der Waals surface area contributed by atoms with Crippen LogP contribution in [-0.4, -0.2) is 50.0 Å². The first-order chi connectivity index (χ1) is 13.1. The molecule has 0 unspecified atom stereocenters. The van der Waals surface area contributed by atoms with Crippen molar-refractivity contribution >= 4 is 23.2 Å². The topological polar surface area (TPSA) is 61.9 Å². The van der Waals surface area contributed by atoms with Gasteiger partial charge < -0.3 is 19.9 Å². The summed E-state index contributed by atoms with van der Waals surface area (Å²) in [6.07, 6.45) is 0.370. The highest BCUT2D eigenvalue weighted by atomic mass is 16.5. The van der Waals surface area contributed by atoms with E-state index < -0.39 is 0 Å². The number of benzene rings is 2. The van der Waals surface area contributed by atoms with Crippen LogP contribution >= 0.6 is 0 Å². The largest absolute Gasteiger partial charge is 0.495 e. The summed E-state index contributed by atoms with van der Waals surface area (Å²) >= 11 is 0. The molecule has 1 aliphatic heterocycles. The quantitative estimate of drug-likeness (QED) is 0.882. The van der Waals surface area contributed by atoms with E-state index in [-0.39, 0.29) is 11.8 Å². The average molecular weight is 367 g/mol. The van der Waals surface area contributed by atoms with Crippen LogP contribution in [0.3, 0.4) is 0 Å². The number of amides is 2. The van der Waals surface area contributed by atoms with Crippen molar-refractivity contribution in [3.05, 3.63) is 54.1 Å². The molecule has 2 aromatic carbocycles. The lowest BCUT2D eigenvalue weighted by Gasteiger charge is -2.36. The Bertz CT molecular complexity index is 797. The molecule has 2 aromatic rings. The Hall–Kier alpha value is -3.02. The Morgan fingerprint density at radius 1 is 1.00 bits per heavy atom. The number of nitrogens with zero attached hydrogens (tertiary/aromatic N) is 2. The van der Waals surface area contributed by atoms with Crippen molar-refractivity contribution in [2.45, 2.75) is 13.3 Å². The lowest BCUT2D eigenvalue weighted by Crippen LogP contribution is -2.49. The summed E-state index contributed by atoms with van der Waals surface area (Å²) in [5.74, 6) is 0.880. The zero-order chi connectivity index (χ0) is 19.2. The minimum absolute atomic E-state index is 0.105. The normalized spacial score (nSPS) is 14.0. The van der Waals surface area contributed by atoms with E-state index in [0.717, 1.165) is 35.8 Å². The van der Waals surface area contributed by atoms with Crippen LogP contribution in [0.1, 0.15) is 12.5 Å². The number of para-hydroxylation sites is 2. The number of carbonyl (C=O) groups excluding carboxylic acids is 2. The molecule has 0 aromatic heterocycles. The zero-order valence-corrected chi connectivity index (χ0v) is 15.8. The van der Waals surface area contributed by atoms with E-state index in [1.807, 2.05) is 53.4 Å². The Morgan fingerprint density at radius 2 is 1.67 bits per heavy atom. The van der Waals surface area contributed by atoms with Crippen molar-refractivity contribution in [1.82, 2.24) is 4.90 Å². The van der Waals surface area contributed by atoms with Gasteiger partial charge in [-0.05, 0) is 29.8 Å². The Labute approximate surface area is 159 Å². The molecule has 0 atom stereocenters. The maximum Gasteiger partial charge on any atom is 0.227 e. The van der Waals surface area contributed by atoms with Gasteiger partial charge in [-0.25, -0.2) is 0 Å². The lowest BCUT2D eigenvalue weighted by molar-refractivity contribution is -0.130.